The van der Waals surface area contributed by atoms with Crippen LogP contribution in [0.1, 0.15) is 27.2 Å². The summed E-state index contributed by atoms with van der Waals surface area (Å²) in [5, 5.41) is 8.37. The van der Waals surface area contributed by atoms with Gasteiger partial charge in [0.1, 0.15) is 0 Å². The molecule has 0 saturated carbocycles. The maximum atomic E-state index is 11.3. The quantitative estimate of drug-likeness (QED) is 0.699. The van der Waals surface area contributed by atoms with Gasteiger partial charge in [0.2, 0.25) is 0 Å². The molecule has 1 fully saturated rings. The largest absolute Gasteiger partial charge is 0.360 e. The highest BCUT2D eigenvalue weighted by atomic mass is 16.5. The molecule has 0 aliphatic carbocycles. The van der Waals surface area contributed by atoms with Crippen molar-refractivity contribution in [2.45, 2.75) is 32.8 Å². The topological polar surface area (TPSA) is 53.3 Å². The molecular weight excluding hydrogens is 192 g/mol. The second-order valence-electron chi connectivity index (χ2n) is 4.92. The second kappa shape index (κ2) is 4.73. The van der Waals surface area contributed by atoms with Gasteiger partial charge < -0.3 is 4.74 Å². The molecule has 0 atom stereocenters. The smallest absolute Gasteiger partial charge is 0.152 e. The lowest BCUT2D eigenvalue weighted by Crippen LogP contribution is -2.51. The maximum absolute atomic E-state index is 11.3. The first kappa shape index (κ1) is 12.2. The average Bonchev–Trinajstić information content (AvgIpc) is 1.99. The number of rotatable bonds is 4. The molecule has 15 heavy (non-hydrogen) atoms. The highest BCUT2D eigenvalue weighted by Crippen LogP contribution is 2.19. The number of nitriles is 1. The molecule has 1 heterocycles. The molecule has 1 aliphatic heterocycles. The summed E-state index contributed by atoms with van der Waals surface area (Å²) in [5.41, 5.74) is -0.137. The van der Waals surface area contributed by atoms with Crippen molar-refractivity contribution in [3.8, 4) is 6.07 Å². The van der Waals surface area contributed by atoms with Crippen molar-refractivity contribution in [2.75, 3.05) is 19.8 Å². The summed E-state index contributed by atoms with van der Waals surface area (Å²) in [5.74, 6) is 0.109. The molecule has 1 aliphatic rings. The maximum Gasteiger partial charge on any atom is 0.152 e. The predicted molar refractivity (Wildman–Crippen MR) is 56.0 cm³/mol. The summed E-state index contributed by atoms with van der Waals surface area (Å²) in [7, 11) is 0. The molecule has 0 bridgehead atoms. The molecule has 1 rings (SSSR count). The SMILES string of the molecule is CC(C)(C)OCN1CC(C(=O)CC#N)C1. The van der Waals surface area contributed by atoms with Crippen LogP contribution >= 0.6 is 0 Å². The van der Waals surface area contributed by atoms with Crippen LogP contribution in [0.5, 0.6) is 0 Å². The van der Waals surface area contributed by atoms with Crippen LogP contribution in [0.4, 0.5) is 0 Å². The Bertz CT molecular complexity index is 269. The van der Waals surface area contributed by atoms with Crippen LogP contribution in [-0.2, 0) is 9.53 Å². The van der Waals surface area contributed by atoms with Crippen LogP contribution in [-0.4, -0.2) is 36.1 Å². The minimum absolute atomic E-state index is 0.0403. The van der Waals surface area contributed by atoms with E-state index in [1.165, 1.54) is 0 Å². The molecule has 4 nitrogen and oxygen atoms in total. The lowest BCUT2D eigenvalue weighted by atomic mass is 9.94. The minimum atomic E-state index is -0.137. The van der Waals surface area contributed by atoms with Gasteiger partial charge in [-0.25, -0.2) is 0 Å². The van der Waals surface area contributed by atoms with Gasteiger partial charge in [-0.2, -0.15) is 5.26 Å². The Labute approximate surface area is 90.8 Å². The van der Waals surface area contributed by atoms with Crippen LogP contribution in [0.3, 0.4) is 0 Å². The lowest BCUT2D eigenvalue weighted by molar-refractivity contribution is -0.135. The molecule has 4 heteroatoms. The fourth-order valence-corrected chi connectivity index (χ4v) is 1.39. The number of ether oxygens (including phenoxy) is 1. The van der Waals surface area contributed by atoms with E-state index in [2.05, 4.69) is 4.90 Å². The third-order valence-corrected chi connectivity index (χ3v) is 2.35. The molecule has 0 N–H and O–H groups in total. The van der Waals surface area contributed by atoms with Crippen LogP contribution in [0, 0.1) is 17.2 Å². The zero-order chi connectivity index (χ0) is 11.5. The van der Waals surface area contributed by atoms with Gasteiger partial charge in [0.15, 0.2) is 5.78 Å². The Morgan fingerprint density at radius 1 is 1.53 bits per heavy atom. The van der Waals surface area contributed by atoms with Gasteiger partial charge in [-0.1, -0.05) is 0 Å². The van der Waals surface area contributed by atoms with Crippen LogP contribution in [0.15, 0.2) is 0 Å². The van der Waals surface area contributed by atoms with Gasteiger partial charge in [0.05, 0.1) is 24.8 Å². The van der Waals surface area contributed by atoms with E-state index in [0.29, 0.717) is 6.73 Å². The molecule has 0 unspecified atom stereocenters. The predicted octanol–water partition coefficient (Wildman–Crippen LogP) is 1.17. The number of carbonyl (C=O) groups is 1. The van der Waals surface area contributed by atoms with Gasteiger partial charge in [-0.15, -0.1) is 0 Å². The molecule has 0 aromatic heterocycles. The molecular formula is C11H18N2O2. The number of carbonyl (C=O) groups excluding carboxylic acids is 1. The summed E-state index contributed by atoms with van der Waals surface area (Å²) in [6, 6.07) is 1.89. The zero-order valence-corrected chi connectivity index (χ0v) is 9.62. The molecule has 84 valence electrons. The van der Waals surface area contributed by atoms with E-state index < -0.39 is 0 Å². The Balaban J connectivity index is 2.16. The van der Waals surface area contributed by atoms with E-state index in [0.717, 1.165) is 13.1 Å². The van der Waals surface area contributed by atoms with Gasteiger partial charge in [0.25, 0.3) is 0 Å². The first-order valence-electron chi connectivity index (χ1n) is 5.18. The van der Waals surface area contributed by atoms with Crippen molar-refractivity contribution in [1.29, 1.82) is 5.26 Å². The van der Waals surface area contributed by atoms with E-state index in [4.69, 9.17) is 10.00 Å². The minimum Gasteiger partial charge on any atom is -0.360 e. The van der Waals surface area contributed by atoms with Crippen LogP contribution in [0.25, 0.3) is 0 Å². The third-order valence-electron chi connectivity index (χ3n) is 2.35. The fraction of sp³-hybridized carbons (Fsp3) is 0.818. The second-order valence-corrected chi connectivity index (χ2v) is 4.92. The summed E-state index contributed by atoms with van der Waals surface area (Å²) >= 11 is 0. The van der Waals surface area contributed by atoms with Crippen LogP contribution < -0.4 is 0 Å². The Morgan fingerprint density at radius 3 is 2.60 bits per heavy atom. The number of hydrogen-bond acceptors (Lipinski definition) is 4. The van der Waals surface area contributed by atoms with E-state index in [1.54, 1.807) is 0 Å². The third kappa shape index (κ3) is 3.98. The monoisotopic (exact) mass is 210 g/mol. The molecule has 0 aromatic rings. The standard InChI is InChI=1S/C11H18N2O2/c1-11(2,3)15-8-13-6-9(7-13)10(14)4-5-12/h9H,4,6-8H2,1-3H3. The number of hydrogen-bond donors (Lipinski definition) is 0. The Hall–Kier alpha value is -0.920. The highest BCUT2D eigenvalue weighted by Gasteiger charge is 2.32. The van der Waals surface area contributed by atoms with Crippen molar-refractivity contribution < 1.29 is 9.53 Å². The van der Waals surface area contributed by atoms with Gasteiger partial charge >= 0.3 is 0 Å². The fourth-order valence-electron chi connectivity index (χ4n) is 1.39. The Morgan fingerprint density at radius 2 is 2.13 bits per heavy atom. The molecule has 0 amide bonds. The molecule has 0 radical (unpaired) electrons. The van der Waals surface area contributed by atoms with Crippen molar-refractivity contribution in [3.63, 3.8) is 0 Å². The summed E-state index contributed by atoms with van der Waals surface area (Å²) in [6.45, 7) is 8.05. The first-order chi connectivity index (χ1) is 6.92. The average molecular weight is 210 g/mol. The van der Waals surface area contributed by atoms with E-state index >= 15 is 0 Å². The van der Waals surface area contributed by atoms with Gasteiger partial charge in [-0.05, 0) is 20.8 Å². The highest BCUT2D eigenvalue weighted by molar-refractivity contribution is 5.84. The number of ketones is 1. The van der Waals surface area contributed by atoms with E-state index in [1.807, 2.05) is 26.8 Å². The van der Waals surface area contributed by atoms with Crippen molar-refractivity contribution in [2.24, 2.45) is 5.92 Å². The van der Waals surface area contributed by atoms with Crippen molar-refractivity contribution >= 4 is 5.78 Å². The van der Waals surface area contributed by atoms with E-state index in [9.17, 15) is 4.79 Å². The number of likely N-dealkylation sites (tertiary alicyclic amines) is 1. The Kier molecular flexibility index (Phi) is 3.83. The van der Waals surface area contributed by atoms with Crippen molar-refractivity contribution in [1.82, 2.24) is 4.90 Å². The number of Topliss-reactive ketones (excluding diaryl/α,β-unsaturated/α-hetero) is 1. The summed E-state index contributed by atoms with van der Waals surface area (Å²) in [6.07, 6.45) is 0.0403. The lowest BCUT2D eigenvalue weighted by Gasteiger charge is -2.39. The number of nitrogens with zero attached hydrogens (tertiary/aromatic N) is 2. The van der Waals surface area contributed by atoms with E-state index in [-0.39, 0.29) is 23.7 Å². The summed E-state index contributed by atoms with van der Waals surface area (Å²) < 4.78 is 5.57. The zero-order valence-electron chi connectivity index (χ0n) is 9.62. The normalized spacial score (nSPS) is 18.3. The molecule has 1 saturated heterocycles. The molecule has 0 aromatic carbocycles. The molecule has 0 spiro atoms. The van der Waals surface area contributed by atoms with Crippen molar-refractivity contribution in [3.05, 3.63) is 0 Å². The summed E-state index contributed by atoms with van der Waals surface area (Å²) in [4.78, 5) is 13.4. The van der Waals surface area contributed by atoms with Gasteiger partial charge in [0, 0.05) is 19.0 Å². The first-order valence-corrected chi connectivity index (χ1v) is 5.18. The van der Waals surface area contributed by atoms with Gasteiger partial charge in [-0.3, -0.25) is 9.69 Å². The van der Waals surface area contributed by atoms with Crippen LogP contribution in [0.2, 0.25) is 0 Å².